The molecule has 1 heterocycles. The van der Waals surface area contributed by atoms with Crippen LogP contribution in [0.25, 0.3) is 0 Å². The van der Waals surface area contributed by atoms with E-state index in [1.54, 1.807) is 23.2 Å². The van der Waals surface area contributed by atoms with Gasteiger partial charge in [0, 0.05) is 12.6 Å². The van der Waals surface area contributed by atoms with Crippen molar-refractivity contribution in [1.29, 1.82) is 5.41 Å². The van der Waals surface area contributed by atoms with Gasteiger partial charge in [-0.25, -0.2) is 4.98 Å². The molecule has 0 saturated carbocycles. The Labute approximate surface area is 140 Å². The second-order valence-electron chi connectivity index (χ2n) is 5.39. The lowest BCUT2D eigenvalue weighted by atomic mass is 10.0. The van der Waals surface area contributed by atoms with Crippen LogP contribution in [-0.2, 0) is 6.42 Å². The van der Waals surface area contributed by atoms with Crippen LogP contribution in [0.2, 0.25) is 0 Å². The minimum atomic E-state index is -0.0909. The van der Waals surface area contributed by atoms with Gasteiger partial charge >= 0.3 is 0 Å². The van der Waals surface area contributed by atoms with E-state index < -0.39 is 0 Å². The molecule has 0 radical (unpaired) electrons. The molecule has 0 bridgehead atoms. The zero-order valence-electron chi connectivity index (χ0n) is 13.1. The fourth-order valence-electron chi connectivity index (χ4n) is 2.56. The standard InChI is InChI=1S/C19H18N4O/c20-19(21)23(16-6-2-1-3-7-16)18-15(5-4-12-22-18)13-14-8-10-17(24)11-9-14/h1-12,24H,13H2,(H3,20,21). The van der Waals surface area contributed by atoms with Crippen LogP contribution >= 0.6 is 0 Å². The Kier molecular flexibility index (Phi) is 4.43. The van der Waals surface area contributed by atoms with Gasteiger partial charge in [-0.2, -0.15) is 0 Å². The highest BCUT2D eigenvalue weighted by atomic mass is 16.3. The number of phenols is 1. The van der Waals surface area contributed by atoms with Crippen molar-refractivity contribution in [3.63, 3.8) is 0 Å². The molecule has 0 unspecified atom stereocenters. The minimum absolute atomic E-state index is 0.0909. The van der Waals surface area contributed by atoms with Gasteiger partial charge in [0.25, 0.3) is 0 Å². The van der Waals surface area contributed by atoms with Crippen molar-refractivity contribution in [2.45, 2.75) is 6.42 Å². The summed E-state index contributed by atoms with van der Waals surface area (Å²) in [6.45, 7) is 0. The van der Waals surface area contributed by atoms with Crippen LogP contribution in [0.5, 0.6) is 5.75 Å². The third kappa shape index (κ3) is 3.35. The molecular formula is C19H18N4O. The summed E-state index contributed by atoms with van der Waals surface area (Å²) in [5.74, 6) is 0.774. The van der Waals surface area contributed by atoms with Crippen LogP contribution < -0.4 is 10.6 Å². The molecule has 5 heteroatoms. The lowest BCUT2D eigenvalue weighted by Gasteiger charge is -2.24. The van der Waals surface area contributed by atoms with E-state index in [1.807, 2.05) is 54.6 Å². The van der Waals surface area contributed by atoms with E-state index in [2.05, 4.69) is 4.98 Å². The minimum Gasteiger partial charge on any atom is -0.508 e. The number of hydrogen-bond donors (Lipinski definition) is 3. The second-order valence-corrected chi connectivity index (χ2v) is 5.39. The summed E-state index contributed by atoms with van der Waals surface area (Å²) in [6, 6.07) is 20.4. The molecule has 3 rings (SSSR count). The molecule has 0 amide bonds. The molecule has 0 aliphatic rings. The van der Waals surface area contributed by atoms with Crippen molar-refractivity contribution in [2.75, 3.05) is 4.90 Å². The molecule has 0 saturated heterocycles. The number of nitrogens with zero attached hydrogens (tertiary/aromatic N) is 2. The number of pyridine rings is 1. The number of para-hydroxylation sites is 1. The van der Waals surface area contributed by atoms with Gasteiger partial charge in [0.1, 0.15) is 11.6 Å². The van der Waals surface area contributed by atoms with Crippen LogP contribution in [0.1, 0.15) is 11.1 Å². The highest BCUT2D eigenvalue weighted by Gasteiger charge is 2.17. The van der Waals surface area contributed by atoms with Crippen LogP contribution in [0.15, 0.2) is 72.9 Å². The maximum Gasteiger partial charge on any atom is 0.198 e. The van der Waals surface area contributed by atoms with Crippen LogP contribution in [0.3, 0.4) is 0 Å². The molecular weight excluding hydrogens is 300 g/mol. The number of phenolic OH excluding ortho intramolecular Hbond substituents is 1. The van der Waals surface area contributed by atoms with Gasteiger partial charge in [-0.3, -0.25) is 10.3 Å². The van der Waals surface area contributed by atoms with Crippen molar-refractivity contribution in [1.82, 2.24) is 4.98 Å². The van der Waals surface area contributed by atoms with Crippen molar-refractivity contribution >= 4 is 17.5 Å². The zero-order valence-corrected chi connectivity index (χ0v) is 13.1. The largest absolute Gasteiger partial charge is 0.508 e. The highest BCUT2D eigenvalue weighted by Crippen LogP contribution is 2.27. The number of rotatable bonds is 4. The third-order valence-electron chi connectivity index (χ3n) is 3.67. The quantitative estimate of drug-likeness (QED) is 0.508. The van der Waals surface area contributed by atoms with E-state index in [1.165, 1.54) is 0 Å². The number of aromatic nitrogens is 1. The lowest BCUT2D eigenvalue weighted by molar-refractivity contribution is 0.475. The predicted molar refractivity (Wildman–Crippen MR) is 95.6 cm³/mol. The zero-order chi connectivity index (χ0) is 16.9. The Morgan fingerprint density at radius 1 is 1.00 bits per heavy atom. The summed E-state index contributed by atoms with van der Waals surface area (Å²) in [7, 11) is 0. The van der Waals surface area contributed by atoms with Gasteiger partial charge in [0.05, 0.1) is 5.69 Å². The molecule has 0 aliphatic heterocycles. The number of anilines is 2. The third-order valence-corrected chi connectivity index (χ3v) is 3.67. The molecule has 0 atom stereocenters. The van der Waals surface area contributed by atoms with E-state index in [-0.39, 0.29) is 11.7 Å². The summed E-state index contributed by atoms with van der Waals surface area (Å²) in [5.41, 5.74) is 8.59. The van der Waals surface area contributed by atoms with Crippen LogP contribution in [0, 0.1) is 5.41 Å². The first-order valence-corrected chi connectivity index (χ1v) is 7.56. The van der Waals surface area contributed by atoms with E-state index in [0.29, 0.717) is 12.2 Å². The maximum atomic E-state index is 9.42. The molecule has 1 aromatic heterocycles. The molecule has 4 N–H and O–H groups in total. The van der Waals surface area contributed by atoms with Crippen LogP contribution in [-0.4, -0.2) is 16.1 Å². The number of guanidine groups is 1. The molecule has 0 fully saturated rings. The number of nitrogens with one attached hydrogen (secondary N) is 1. The second kappa shape index (κ2) is 6.83. The molecule has 5 nitrogen and oxygen atoms in total. The topological polar surface area (TPSA) is 86.2 Å². The van der Waals surface area contributed by atoms with Crippen molar-refractivity contribution in [3.8, 4) is 5.75 Å². The van der Waals surface area contributed by atoms with Gasteiger partial charge in [0.2, 0.25) is 0 Å². The monoisotopic (exact) mass is 318 g/mol. The molecule has 0 spiro atoms. The van der Waals surface area contributed by atoms with Crippen LogP contribution in [0.4, 0.5) is 11.5 Å². The van der Waals surface area contributed by atoms with E-state index in [4.69, 9.17) is 11.1 Å². The summed E-state index contributed by atoms with van der Waals surface area (Å²) in [5, 5.41) is 17.4. The van der Waals surface area contributed by atoms with E-state index in [9.17, 15) is 5.11 Å². The number of benzene rings is 2. The number of hydrogen-bond acceptors (Lipinski definition) is 3. The first-order valence-electron chi connectivity index (χ1n) is 7.56. The molecule has 2 aromatic carbocycles. The molecule has 24 heavy (non-hydrogen) atoms. The Balaban J connectivity index is 2.01. The van der Waals surface area contributed by atoms with Crippen molar-refractivity contribution in [2.24, 2.45) is 5.73 Å². The average molecular weight is 318 g/mol. The SMILES string of the molecule is N=C(N)N(c1ccccc1)c1ncccc1Cc1ccc(O)cc1. The highest BCUT2D eigenvalue weighted by molar-refractivity contribution is 5.99. The molecule has 0 aliphatic carbocycles. The van der Waals surface area contributed by atoms with Gasteiger partial charge in [-0.1, -0.05) is 36.4 Å². The first-order chi connectivity index (χ1) is 11.6. The van der Waals surface area contributed by atoms with Crippen molar-refractivity contribution < 1.29 is 5.11 Å². The average Bonchev–Trinajstić information content (AvgIpc) is 2.59. The normalized spacial score (nSPS) is 10.3. The smallest absolute Gasteiger partial charge is 0.198 e. The number of aromatic hydroxyl groups is 1. The first kappa shape index (κ1) is 15.6. The summed E-state index contributed by atoms with van der Waals surface area (Å²) in [6.07, 6.45) is 2.31. The lowest BCUT2D eigenvalue weighted by Crippen LogP contribution is -2.33. The summed E-state index contributed by atoms with van der Waals surface area (Å²) in [4.78, 5) is 6.07. The fraction of sp³-hybridized carbons (Fsp3) is 0.0526. The maximum absolute atomic E-state index is 9.42. The fourth-order valence-corrected chi connectivity index (χ4v) is 2.56. The molecule has 3 aromatic rings. The van der Waals surface area contributed by atoms with Gasteiger partial charge in [-0.15, -0.1) is 0 Å². The Hall–Kier alpha value is -3.34. The van der Waals surface area contributed by atoms with Gasteiger partial charge < -0.3 is 10.8 Å². The van der Waals surface area contributed by atoms with Gasteiger partial charge in [0.15, 0.2) is 5.96 Å². The van der Waals surface area contributed by atoms with Gasteiger partial charge in [-0.05, 0) is 41.5 Å². The molecule has 120 valence electrons. The predicted octanol–water partition coefficient (Wildman–Crippen LogP) is 3.41. The van der Waals surface area contributed by atoms with E-state index >= 15 is 0 Å². The number of nitrogens with two attached hydrogens (primary N) is 1. The van der Waals surface area contributed by atoms with E-state index in [0.717, 1.165) is 16.8 Å². The Morgan fingerprint density at radius 3 is 2.38 bits per heavy atom. The Bertz CT molecular complexity index is 832. The summed E-state index contributed by atoms with van der Waals surface area (Å²) >= 11 is 0. The van der Waals surface area contributed by atoms with Crippen molar-refractivity contribution in [3.05, 3.63) is 84.1 Å². The summed E-state index contributed by atoms with van der Waals surface area (Å²) < 4.78 is 0. The Morgan fingerprint density at radius 2 is 1.71 bits per heavy atom.